The van der Waals surface area contributed by atoms with Gasteiger partial charge in [0.2, 0.25) is 5.91 Å². The predicted molar refractivity (Wildman–Crippen MR) is 77.6 cm³/mol. The molecule has 2 N–H and O–H groups in total. The van der Waals surface area contributed by atoms with E-state index in [1.807, 2.05) is 27.7 Å². The summed E-state index contributed by atoms with van der Waals surface area (Å²) in [6, 6.07) is 6.66. The van der Waals surface area contributed by atoms with Crippen LogP contribution in [0.4, 0.5) is 0 Å². The Balaban J connectivity index is 2.62. The van der Waals surface area contributed by atoms with Crippen LogP contribution in [-0.2, 0) is 4.79 Å². The number of ether oxygens (including phenoxy) is 1. The lowest BCUT2D eigenvalue weighted by atomic mass is 10.2. The van der Waals surface area contributed by atoms with Crippen molar-refractivity contribution in [2.24, 2.45) is 5.73 Å². The Morgan fingerprint density at radius 1 is 1.10 bits per heavy atom. The van der Waals surface area contributed by atoms with Gasteiger partial charge in [0.1, 0.15) is 5.75 Å². The average molecular weight is 278 g/mol. The number of hydrogen-bond donors (Lipinski definition) is 1. The summed E-state index contributed by atoms with van der Waals surface area (Å²) in [5.41, 5.74) is 5.56. The number of carbonyl (C=O) groups excluding carboxylic acids is 2. The molecule has 0 heterocycles. The van der Waals surface area contributed by atoms with Gasteiger partial charge >= 0.3 is 0 Å². The lowest BCUT2D eigenvalue weighted by Gasteiger charge is -2.30. The van der Waals surface area contributed by atoms with E-state index < -0.39 is 5.91 Å². The number of nitrogens with two attached hydrogens (primary N) is 1. The standard InChI is InChI=1S/C15H22N2O3/c1-10(2)17(11(3)4)14(18)9-20-13-7-5-12(6-8-13)15(16)19/h5-8,10-11H,9H2,1-4H3,(H2,16,19). The smallest absolute Gasteiger partial charge is 0.260 e. The molecule has 0 aliphatic carbocycles. The van der Waals surface area contributed by atoms with Gasteiger partial charge in [0.05, 0.1) is 0 Å². The van der Waals surface area contributed by atoms with Crippen LogP contribution in [0.3, 0.4) is 0 Å². The first-order valence-corrected chi connectivity index (χ1v) is 6.66. The van der Waals surface area contributed by atoms with Gasteiger partial charge in [0, 0.05) is 17.6 Å². The van der Waals surface area contributed by atoms with Crippen molar-refractivity contribution in [2.75, 3.05) is 6.61 Å². The zero-order chi connectivity index (χ0) is 15.3. The molecule has 0 saturated carbocycles. The van der Waals surface area contributed by atoms with Crippen LogP contribution >= 0.6 is 0 Å². The lowest BCUT2D eigenvalue weighted by molar-refractivity contribution is -0.136. The highest BCUT2D eigenvalue weighted by molar-refractivity contribution is 5.92. The van der Waals surface area contributed by atoms with Gasteiger partial charge in [-0.1, -0.05) is 0 Å². The molecular formula is C15H22N2O3. The van der Waals surface area contributed by atoms with Crippen molar-refractivity contribution in [2.45, 2.75) is 39.8 Å². The second-order valence-electron chi connectivity index (χ2n) is 5.17. The fourth-order valence-corrected chi connectivity index (χ4v) is 2.11. The third kappa shape index (κ3) is 4.26. The van der Waals surface area contributed by atoms with Crippen LogP contribution < -0.4 is 10.5 Å². The Hall–Kier alpha value is -2.04. The van der Waals surface area contributed by atoms with E-state index in [1.54, 1.807) is 29.2 Å². The van der Waals surface area contributed by atoms with Crippen LogP contribution in [0.1, 0.15) is 38.1 Å². The topological polar surface area (TPSA) is 72.6 Å². The van der Waals surface area contributed by atoms with Gasteiger partial charge in [0.15, 0.2) is 6.61 Å². The molecular weight excluding hydrogens is 256 g/mol. The molecule has 0 fully saturated rings. The average Bonchev–Trinajstić information content (AvgIpc) is 2.36. The van der Waals surface area contributed by atoms with Gasteiger partial charge in [-0.15, -0.1) is 0 Å². The molecule has 0 aliphatic rings. The monoisotopic (exact) mass is 278 g/mol. The fraction of sp³-hybridized carbons (Fsp3) is 0.467. The number of benzene rings is 1. The van der Waals surface area contributed by atoms with Crippen molar-refractivity contribution >= 4 is 11.8 Å². The Morgan fingerprint density at radius 3 is 2.00 bits per heavy atom. The van der Waals surface area contributed by atoms with E-state index in [-0.39, 0.29) is 24.6 Å². The molecule has 110 valence electrons. The largest absolute Gasteiger partial charge is 0.484 e. The third-order valence-electron chi connectivity index (χ3n) is 2.90. The summed E-state index contributed by atoms with van der Waals surface area (Å²) < 4.78 is 5.44. The lowest BCUT2D eigenvalue weighted by Crippen LogP contribution is -2.44. The van der Waals surface area contributed by atoms with Crippen LogP contribution in [0.5, 0.6) is 5.75 Å². The maximum Gasteiger partial charge on any atom is 0.260 e. The third-order valence-corrected chi connectivity index (χ3v) is 2.90. The molecule has 5 heteroatoms. The maximum atomic E-state index is 12.1. The Morgan fingerprint density at radius 2 is 1.60 bits per heavy atom. The van der Waals surface area contributed by atoms with Crippen molar-refractivity contribution in [3.8, 4) is 5.75 Å². The normalized spacial score (nSPS) is 10.7. The summed E-state index contributed by atoms with van der Waals surface area (Å²) in [6.07, 6.45) is 0. The molecule has 0 aromatic heterocycles. The highest BCUT2D eigenvalue weighted by atomic mass is 16.5. The fourth-order valence-electron chi connectivity index (χ4n) is 2.11. The summed E-state index contributed by atoms with van der Waals surface area (Å²) in [4.78, 5) is 24.8. The molecule has 0 radical (unpaired) electrons. The SMILES string of the molecule is CC(C)N(C(=O)COc1ccc(C(N)=O)cc1)C(C)C. The molecule has 0 spiro atoms. The second-order valence-corrected chi connectivity index (χ2v) is 5.17. The van der Waals surface area contributed by atoms with Crippen molar-refractivity contribution < 1.29 is 14.3 Å². The Bertz CT molecular complexity index is 459. The second kappa shape index (κ2) is 6.93. The summed E-state index contributed by atoms with van der Waals surface area (Å²) in [6.45, 7) is 7.87. The molecule has 0 atom stereocenters. The van der Waals surface area contributed by atoms with E-state index >= 15 is 0 Å². The molecule has 2 amide bonds. The summed E-state index contributed by atoms with van der Waals surface area (Å²) in [5.74, 6) is -0.0109. The highest BCUT2D eigenvalue weighted by Gasteiger charge is 2.20. The van der Waals surface area contributed by atoms with E-state index in [1.165, 1.54) is 0 Å². The van der Waals surface area contributed by atoms with Gasteiger partial charge in [-0.25, -0.2) is 0 Å². The molecule has 0 bridgehead atoms. The first kappa shape index (κ1) is 16.0. The van der Waals surface area contributed by atoms with Gasteiger partial charge in [-0.2, -0.15) is 0 Å². The number of hydrogen-bond acceptors (Lipinski definition) is 3. The minimum atomic E-state index is -0.488. The van der Waals surface area contributed by atoms with Crippen molar-refractivity contribution in [3.05, 3.63) is 29.8 Å². The number of carbonyl (C=O) groups is 2. The van der Waals surface area contributed by atoms with Crippen molar-refractivity contribution in [1.82, 2.24) is 4.90 Å². The van der Waals surface area contributed by atoms with E-state index in [4.69, 9.17) is 10.5 Å². The number of primary amides is 1. The zero-order valence-electron chi connectivity index (χ0n) is 12.4. The van der Waals surface area contributed by atoms with E-state index in [0.717, 1.165) is 0 Å². The minimum absolute atomic E-state index is 0.0215. The Kier molecular flexibility index (Phi) is 5.55. The van der Waals surface area contributed by atoms with Crippen molar-refractivity contribution in [1.29, 1.82) is 0 Å². The molecule has 0 aliphatic heterocycles. The van der Waals surface area contributed by atoms with Gasteiger partial charge in [-0.05, 0) is 52.0 Å². The zero-order valence-corrected chi connectivity index (χ0v) is 12.4. The molecule has 0 saturated heterocycles. The summed E-state index contributed by atoms with van der Waals surface area (Å²) >= 11 is 0. The summed E-state index contributed by atoms with van der Waals surface area (Å²) in [5, 5.41) is 0. The van der Waals surface area contributed by atoms with Gasteiger partial charge in [-0.3, -0.25) is 9.59 Å². The Labute approximate surface area is 119 Å². The molecule has 20 heavy (non-hydrogen) atoms. The number of nitrogens with zero attached hydrogens (tertiary/aromatic N) is 1. The quantitative estimate of drug-likeness (QED) is 0.862. The first-order valence-electron chi connectivity index (χ1n) is 6.66. The van der Waals surface area contributed by atoms with Crippen LogP contribution in [0, 0.1) is 0 Å². The minimum Gasteiger partial charge on any atom is -0.484 e. The van der Waals surface area contributed by atoms with Crippen LogP contribution in [-0.4, -0.2) is 35.4 Å². The highest BCUT2D eigenvalue weighted by Crippen LogP contribution is 2.13. The molecule has 1 aromatic carbocycles. The van der Waals surface area contributed by atoms with E-state index in [2.05, 4.69) is 0 Å². The molecule has 5 nitrogen and oxygen atoms in total. The first-order chi connectivity index (χ1) is 9.32. The van der Waals surface area contributed by atoms with Crippen molar-refractivity contribution in [3.63, 3.8) is 0 Å². The van der Waals surface area contributed by atoms with Crippen LogP contribution in [0.2, 0.25) is 0 Å². The van der Waals surface area contributed by atoms with Crippen LogP contribution in [0.15, 0.2) is 24.3 Å². The molecule has 1 aromatic rings. The summed E-state index contributed by atoms with van der Waals surface area (Å²) in [7, 11) is 0. The van der Waals surface area contributed by atoms with Crippen LogP contribution in [0.25, 0.3) is 0 Å². The number of amides is 2. The molecule has 0 unspecified atom stereocenters. The van der Waals surface area contributed by atoms with Gasteiger partial charge < -0.3 is 15.4 Å². The van der Waals surface area contributed by atoms with E-state index in [0.29, 0.717) is 11.3 Å². The van der Waals surface area contributed by atoms with Gasteiger partial charge in [0.25, 0.3) is 5.91 Å². The van der Waals surface area contributed by atoms with E-state index in [9.17, 15) is 9.59 Å². The predicted octanol–water partition coefficient (Wildman–Crippen LogP) is 1.81. The molecule has 1 rings (SSSR count). The number of rotatable bonds is 6. The maximum absolute atomic E-state index is 12.1.